The van der Waals surface area contributed by atoms with Crippen molar-refractivity contribution in [2.45, 2.75) is 6.42 Å². The van der Waals surface area contributed by atoms with E-state index >= 15 is 0 Å². The largest absolute Gasteiger partial charge is 0.326 e. The van der Waals surface area contributed by atoms with Gasteiger partial charge in [0.1, 0.15) is 0 Å². The molecule has 0 spiro atoms. The number of hydrogen-bond donors (Lipinski definition) is 1. The summed E-state index contributed by atoms with van der Waals surface area (Å²) in [6.07, 6.45) is 0.575. The first-order valence-electron chi connectivity index (χ1n) is 4.28. The van der Waals surface area contributed by atoms with Crippen molar-refractivity contribution < 1.29 is 9.90 Å². The lowest BCUT2D eigenvalue weighted by Crippen LogP contribution is -2.31. The fourth-order valence-electron chi connectivity index (χ4n) is 1.55. The van der Waals surface area contributed by atoms with Gasteiger partial charge < -0.3 is 5.32 Å². The molecule has 1 aromatic rings. The molecular formula is C10H10NO2. The summed E-state index contributed by atoms with van der Waals surface area (Å²) >= 11 is 0. The van der Waals surface area contributed by atoms with Crippen LogP contribution < -0.4 is 5.32 Å². The predicted molar refractivity (Wildman–Crippen MR) is 47.8 cm³/mol. The number of benzene rings is 1. The number of fused-ring (bicyclic) bond motifs is 1. The molecular weight excluding hydrogens is 166 g/mol. The Morgan fingerprint density at radius 1 is 1.38 bits per heavy atom. The summed E-state index contributed by atoms with van der Waals surface area (Å²) in [4.78, 5) is 11.3. The minimum Gasteiger partial charge on any atom is -0.326 e. The van der Waals surface area contributed by atoms with Gasteiger partial charge in [-0.1, -0.05) is 18.2 Å². The van der Waals surface area contributed by atoms with Gasteiger partial charge in [-0.2, -0.15) is 0 Å². The average molecular weight is 176 g/mol. The van der Waals surface area contributed by atoms with Crippen LogP contribution in [0.15, 0.2) is 24.3 Å². The highest BCUT2D eigenvalue weighted by atomic mass is 16.3. The van der Waals surface area contributed by atoms with Crippen LogP contribution in [0.3, 0.4) is 0 Å². The van der Waals surface area contributed by atoms with Crippen LogP contribution in [-0.4, -0.2) is 12.5 Å². The van der Waals surface area contributed by atoms with E-state index in [1.54, 1.807) is 0 Å². The topological polar surface area (TPSA) is 49.0 Å². The number of carbonyl (C=O) groups excluding carboxylic acids is 1. The first kappa shape index (κ1) is 8.26. The van der Waals surface area contributed by atoms with Gasteiger partial charge in [0.25, 0.3) is 0 Å². The lowest BCUT2D eigenvalue weighted by Gasteiger charge is -2.22. The maximum absolute atomic E-state index is 11.3. The van der Waals surface area contributed by atoms with Gasteiger partial charge in [-0.05, 0) is 18.1 Å². The molecule has 1 unspecified atom stereocenters. The molecule has 0 saturated heterocycles. The van der Waals surface area contributed by atoms with Crippen molar-refractivity contribution in [2.24, 2.45) is 5.92 Å². The molecule has 0 saturated carbocycles. The highest BCUT2D eigenvalue weighted by Gasteiger charge is 2.25. The smallest absolute Gasteiger partial charge is 0.230 e. The van der Waals surface area contributed by atoms with E-state index in [9.17, 15) is 9.90 Å². The van der Waals surface area contributed by atoms with E-state index in [-0.39, 0.29) is 12.5 Å². The van der Waals surface area contributed by atoms with Crippen LogP contribution in [0.5, 0.6) is 0 Å². The minimum atomic E-state index is -0.394. The number of anilines is 1. The first-order valence-corrected chi connectivity index (χ1v) is 4.28. The van der Waals surface area contributed by atoms with Crippen LogP contribution in [-0.2, 0) is 16.3 Å². The maximum atomic E-state index is 11.3. The molecule has 1 aliphatic heterocycles. The second kappa shape index (κ2) is 3.18. The Kier molecular flexibility index (Phi) is 2.02. The van der Waals surface area contributed by atoms with Crippen molar-refractivity contribution in [3.8, 4) is 0 Å². The van der Waals surface area contributed by atoms with Crippen molar-refractivity contribution >= 4 is 11.6 Å². The molecule has 1 heterocycles. The predicted octanol–water partition coefficient (Wildman–Crippen LogP) is 1.23. The molecule has 1 radical (unpaired) electrons. The Balaban J connectivity index is 2.33. The summed E-state index contributed by atoms with van der Waals surface area (Å²) in [5.41, 5.74) is 1.90. The van der Waals surface area contributed by atoms with E-state index in [1.165, 1.54) is 0 Å². The molecule has 3 nitrogen and oxygen atoms in total. The molecule has 0 bridgehead atoms. The molecule has 2 rings (SSSR count). The highest BCUT2D eigenvalue weighted by Crippen LogP contribution is 2.24. The SMILES string of the molecule is [O]CC1Cc2ccccc2NC1=O. The van der Waals surface area contributed by atoms with Crippen LogP contribution in [0.1, 0.15) is 5.56 Å². The Bertz CT molecular complexity index is 335. The molecule has 3 heteroatoms. The summed E-state index contributed by atoms with van der Waals surface area (Å²) in [6.45, 7) is -0.333. The summed E-state index contributed by atoms with van der Waals surface area (Å²) in [6, 6.07) is 7.58. The molecule has 1 aliphatic rings. The zero-order chi connectivity index (χ0) is 9.26. The van der Waals surface area contributed by atoms with Crippen LogP contribution in [0.25, 0.3) is 0 Å². The second-order valence-corrected chi connectivity index (χ2v) is 3.21. The van der Waals surface area contributed by atoms with Gasteiger partial charge in [0.15, 0.2) is 0 Å². The van der Waals surface area contributed by atoms with E-state index in [0.717, 1.165) is 11.3 Å². The summed E-state index contributed by atoms with van der Waals surface area (Å²) in [5, 5.41) is 13.4. The van der Waals surface area contributed by atoms with E-state index in [4.69, 9.17) is 0 Å². The molecule has 67 valence electrons. The fourth-order valence-corrected chi connectivity index (χ4v) is 1.55. The van der Waals surface area contributed by atoms with Crippen LogP contribution in [0.2, 0.25) is 0 Å². The standard InChI is InChI=1S/C10H10NO2/c12-6-8-5-7-3-1-2-4-9(7)11-10(8)13/h1-4,8H,5-6H2,(H,11,13). The summed E-state index contributed by atoms with van der Waals surface area (Å²) in [7, 11) is 0. The molecule has 0 aromatic heterocycles. The normalized spacial score (nSPS) is 20.7. The van der Waals surface area contributed by atoms with Crippen molar-refractivity contribution in [1.82, 2.24) is 0 Å². The number of carbonyl (C=O) groups is 1. The molecule has 1 atom stereocenters. The molecule has 0 aliphatic carbocycles. The van der Waals surface area contributed by atoms with Crippen molar-refractivity contribution in [2.75, 3.05) is 11.9 Å². The zero-order valence-corrected chi connectivity index (χ0v) is 7.12. The fraction of sp³-hybridized carbons (Fsp3) is 0.300. The molecule has 0 fully saturated rings. The van der Waals surface area contributed by atoms with Gasteiger partial charge in [-0.15, -0.1) is 0 Å². The Morgan fingerprint density at radius 3 is 2.92 bits per heavy atom. The zero-order valence-electron chi connectivity index (χ0n) is 7.12. The molecule has 13 heavy (non-hydrogen) atoms. The number of nitrogens with one attached hydrogen (secondary N) is 1. The lowest BCUT2D eigenvalue weighted by atomic mass is 9.94. The number of rotatable bonds is 1. The highest BCUT2D eigenvalue weighted by molar-refractivity contribution is 5.95. The second-order valence-electron chi connectivity index (χ2n) is 3.21. The Morgan fingerprint density at radius 2 is 2.15 bits per heavy atom. The van der Waals surface area contributed by atoms with Crippen LogP contribution >= 0.6 is 0 Å². The van der Waals surface area contributed by atoms with E-state index in [0.29, 0.717) is 6.42 Å². The van der Waals surface area contributed by atoms with Gasteiger partial charge in [0.2, 0.25) is 5.91 Å². The molecule has 1 aromatic carbocycles. The summed E-state index contributed by atoms with van der Waals surface area (Å²) < 4.78 is 0. The van der Waals surface area contributed by atoms with Gasteiger partial charge >= 0.3 is 0 Å². The number of para-hydroxylation sites is 1. The van der Waals surface area contributed by atoms with Gasteiger partial charge in [-0.3, -0.25) is 4.79 Å². The lowest BCUT2D eigenvalue weighted by molar-refractivity contribution is -0.122. The quantitative estimate of drug-likeness (QED) is 0.687. The third-order valence-corrected chi connectivity index (χ3v) is 2.31. The monoisotopic (exact) mass is 176 g/mol. The number of hydrogen-bond acceptors (Lipinski definition) is 1. The summed E-state index contributed by atoms with van der Waals surface area (Å²) in [5.74, 6) is -0.538. The van der Waals surface area contributed by atoms with E-state index in [2.05, 4.69) is 5.32 Å². The average Bonchev–Trinajstić information content (AvgIpc) is 2.17. The Hall–Kier alpha value is -1.35. The first-order chi connectivity index (χ1) is 6.31. The minimum absolute atomic E-state index is 0.145. The molecule has 1 amide bonds. The van der Waals surface area contributed by atoms with Crippen molar-refractivity contribution in [1.29, 1.82) is 0 Å². The van der Waals surface area contributed by atoms with E-state index in [1.807, 2.05) is 24.3 Å². The third-order valence-electron chi connectivity index (χ3n) is 2.31. The maximum Gasteiger partial charge on any atom is 0.230 e. The number of amides is 1. The van der Waals surface area contributed by atoms with Gasteiger partial charge in [-0.25, -0.2) is 5.11 Å². The van der Waals surface area contributed by atoms with Crippen LogP contribution in [0, 0.1) is 5.92 Å². The van der Waals surface area contributed by atoms with E-state index < -0.39 is 5.92 Å². The Labute approximate surface area is 76.4 Å². The van der Waals surface area contributed by atoms with Gasteiger partial charge in [0, 0.05) is 5.69 Å². The molecule has 1 N–H and O–H groups in total. The third kappa shape index (κ3) is 1.42. The van der Waals surface area contributed by atoms with Crippen molar-refractivity contribution in [3.05, 3.63) is 29.8 Å². The van der Waals surface area contributed by atoms with Crippen LogP contribution in [0.4, 0.5) is 5.69 Å². The van der Waals surface area contributed by atoms with Crippen molar-refractivity contribution in [3.63, 3.8) is 0 Å². The van der Waals surface area contributed by atoms with Gasteiger partial charge in [0.05, 0.1) is 12.5 Å².